The zero-order valence-corrected chi connectivity index (χ0v) is 7.40. The predicted octanol–water partition coefficient (Wildman–Crippen LogP) is 1.75. The van der Waals surface area contributed by atoms with E-state index in [0.29, 0.717) is 12.1 Å². The van der Waals surface area contributed by atoms with Crippen molar-refractivity contribution in [1.82, 2.24) is 0 Å². The van der Waals surface area contributed by atoms with Gasteiger partial charge in [0.25, 0.3) is 0 Å². The largest absolute Gasteiger partial charge is 0.298 e. The molecule has 0 spiro atoms. The zero-order chi connectivity index (χ0) is 9.97. The Morgan fingerprint density at radius 3 is 2.57 bits per heavy atom. The summed E-state index contributed by atoms with van der Waals surface area (Å²) < 4.78 is 12.6. The molecule has 70 valence electrons. The number of halogens is 1. The highest BCUT2D eigenvalue weighted by Crippen LogP contribution is 2.11. The minimum atomic E-state index is -0.271. The fraction of sp³-hybridized carbons (Fsp3) is 0.0909. The molecule has 14 heavy (non-hydrogen) atoms. The van der Waals surface area contributed by atoms with Crippen molar-refractivity contribution in [1.29, 1.82) is 0 Å². The maximum absolute atomic E-state index is 12.6. The summed E-state index contributed by atoms with van der Waals surface area (Å²) in [7, 11) is 0. The molecule has 0 radical (unpaired) electrons. The van der Waals surface area contributed by atoms with Gasteiger partial charge in [0.1, 0.15) is 12.1 Å². The lowest BCUT2D eigenvalue weighted by Gasteiger charge is -1.96. The summed E-state index contributed by atoms with van der Waals surface area (Å²) in [6.07, 6.45) is 2.51. The van der Waals surface area contributed by atoms with Crippen LogP contribution in [0.4, 0.5) is 4.39 Å². The lowest BCUT2D eigenvalue weighted by Crippen LogP contribution is -1.93. The Labute approximate surface area is 80.8 Å². The first-order valence-electron chi connectivity index (χ1n) is 4.26. The Morgan fingerprint density at radius 1 is 1.29 bits per heavy atom. The van der Waals surface area contributed by atoms with Crippen LogP contribution in [0.3, 0.4) is 0 Å². The van der Waals surface area contributed by atoms with E-state index in [1.165, 1.54) is 12.1 Å². The van der Waals surface area contributed by atoms with Gasteiger partial charge in [0.15, 0.2) is 0 Å². The Hall–Kier alpha value is -1.77. The van der Waals surface area contributed by atoms with E-state index in [9.17, 15) is 9.18 Å². The van der Waals surface area contributed by atoms with Crippen LogP contribution in [0.1, 0.15) is 5.56 Å². The Kier molecular flexibility index (Phi) is 2.23. The van der Waals surface area contributed by atoms with Gasteiger partial charge >= 0.3 is 0 Å². The van der Waals surface area contributed by atoms with E-state index in [2.05, 4.69) is 4.99 Å². The quantitative estimate of drug-likeness (QED) is 0.652. The number of aldehydes is 1. The van der Waals surface area contributed by atoms with E-state index >= 15 is 0 Å². The number of hydrogen-bond donors (Lipinski definition) is 0. The first-order chi connectivity index (χ1) is 6.79. The second kappa shape index (κ2) is 3.54. The Balaban J connectivity index is 2.29. The van der Waals surface area contributed by atoms with Crippen LogP contribution in [0.15, 0.2) is 40.9 Å². The van der Waals surface area contributed by atoms with Crippen LogP contribution in [0, 0.1) is 5.82 Å². The Bertz CT molecular complexity index is 417. The molecule has 0 fully saturated rings. The molecule has 0 amide bonds. The topological polar surface area (TPSA) is 29.4 Å². The van der Waals surface area contributed by atoms with Gasteiger partial charge in [-0.1, -0.05) is 0 Å². The molecule has 0 saturated carbocycles. The van der Waals surface area contributed by atoms with Gasteiger partial charge in [-0.05, 0) is 35.9 Å². The van der Waals surface area contributed by atoms with Crippen molar-refractivity contribution in [3.8, 4) is 0 Å². The molecule has 0 atom stereocenters. The van der Waals surface area contributed by atoms with E-state index < -0.39 is 0 Å². The van der Waals surface area contributed by atoms with Gasteiger partial charge in [-0.3, -0.25) is 9.79 Å². The smallest absolute Gasteiger partial charge is 0.147 e. The highest BCUT2D eigenvalue weighted by molar-refractivity contribution is 6.12. The summed E-state index contributed by atoms with van der Waals surface area (Å²) in [6.45, 7) is 0.427. The number of allylic oxidation sites excluding steroid dienone is 1. The van der Waals surface area contributed by atoms with Gasteiger partial charge in [0.2, 0.25) is 0 Å². The standard InChI is InChI=1S/C11H8FNO/c12-10-3-1-9(2-4-10)11-5-8(7-14)6-13-11/h1-5,7H,6H2. The Morgan fingerprint density at radius 2 is 2.00 bits per heavy atom. The summed E-state index contributed by atoms with van der Waals surface area (Å²) in [5.41, 5.74) is 2.24. The molecular formula is C11H8FNO. The molecule has 2 nitrogen and oxygen atoms in total. The summed E-state index contributed by atoms with van der Waals surface area (Å²) in [5.74, 6) is -0.271. The number of benzene rings is 1. The van der Waals surface area contributed by atoms with Crippen molar-refractivity contribution >= 4 is 12.0 Å². The van der Waals surface area contributed by atoms with Crippen molar-refractivity contribution in [3.05, 3.63) is 47.3 Å². The van der Waals surface area contributed by atoms with Gasteiger partial charge in [-0.25, -0.2) is 4.39 Å². The molecule has 2 rings (SSSR count). The molecule has 1 aromatic carbocycles. The van der Waals surface area contributed by atoms with Crippen LogP contribution < -0.4 is 0 Å². The molecule has 0 N–H and O–H groups in total. The minimum Gasteiger partial charge on any atom is -0.298 e. The fourth-order valence-corrected chi connectivity index (χ4v) is 1.31. The number of hydrogen-bond acceptors (Lipinski definition) is 2. The minimum absolute atomic E-state index is 0.271. The van der Waals surface area contributed by atoms with E-state index in [1.807, 2.05) is 0 Å². The van der Waals surface area contributed by atoms with E-state index in [0.717, 1.165) is 17.6 Å². The van der Waals surface area contributed by atoms with E-state index in [1.54, 1.807) is 18.2 Å². The predicted molar refractivity (Wildman–Crippen MR) is 52.0 cm³/mol. The van der Waals surface area contributed by atoms with Crippen LogP contribution in [-0.4, -0.2) is 18.5 Å². The number of nitrogens with zero attached hydrogens (tertiary/aromatic N) is 1. The molecule has 1 aliphatic heterocycles. The maximum Gasteiger partial charge on any atom is 0.147 e. The van der Waals surface area contributed by atoms with Crippen LogP contribution in [0.25, 0.3) is 0 Å². The third kappa shape index (κ3) is 1.62. The molecule has 0 saturated heterocycles. The van der Waals surface area contributed by atoms with Crippen LogP contribution in [0.5, 0.6) is 0 Å². The zero-order valence-electron chi connectivity index (χ0n) is 7.40. The molecule has 1 aliphatic rings. The second-order valence-corrected chi connectivity index (χ2v) is 3.05. The molecule has 0 bridgehead atoms. The van der Waals surface area contributed by atoms with Gasteiger partial charge in [0, 0.05) is 5.57 Å². The van der Waals surface area contributed by atoms with Crippen molar-refractivity contribution in [2.24, 2.45) is 4.99 Å². The fourth-order valence-electron chi connectivity index (χ4n) is 1.31. The highest BCUT2D eigenvalue weighted by Gasteiger charge is 2.08. The van der Waals surface area contributed by atoms with Gasteiger partial charge in [0.05, 0.1) is 12.3 Å². The normalized spacial score (nSPS) is 14.9. The molecule has 3 heteroatoms. The van der Waals surface area contributed by atoms with Gasteiger partial charge < -0.3 is 0 Å². The summed E-state index contributed by atoms with van der Waals surface area (Å²) in [5, 5.41) is 0. The van der Waals surface area contributed by atoms with Crippen molar-refractivity contribution in [2.75, 3.05) is 6.54 Å². The summed E-state index contributed by atoms with van der Waals surface area (Å²) in [4.78, 5) is 14.6. The third-order valence-corrected chi connectivity index (χ3v) is 2.05. The van der Waals surface area contributed by atoms with Crippen LogP contribution in [-0.2, 0) is 4.79 Å². The highest BCUT2D eigenvalue weighted by atomic mass is 19.1. The number of aliphatic imine (C=N–C) groups is 1. The second-order valence-electron chi connectivity index (χ2n) is 3.05. The SMILES string of the molecule is O=CC1=CC(c2ccc(F)cc2)=NC1. The number of carbonyl (C=O) groups excluding carboxylic acids is 1. The third-order valence-electron chi connectivity index (χ3n) is 2.05. The molecule has 1 aromatic rings. The van der Waals surface area contributed by atoms with E-state index in [4.69, 9.17) is 0 Å². The van der Waals surface area contributed by atoms with Gasteiger partial charge in [-0.15, -0.1) is 0 Å². The lowest BCUT2D eigenvalue weighted by molar-refractivity contribution is -0.104. The lowest BCUT2D eigenvalue weighted by atomic mass is 10.1. The van der Waals surface area contributed by atoms with Crippen LogP contribution >= 0.6 is 0 Å². The van der Waals surface area contributed by atoms with Crippen LogP contribution in [0.2, 0.25) is 0 Å². The van der Waals surface area contributed by atoms with E-state index in [-0.39, 0.29) is 5.82 Å². The first kappa shape index (κ1) is 8.81. The van der Waals surface area contributed by atoms with Crippen molar-refractivity contribution in [3.63, 3.8) is 0 Å². The molecule has 0 unspecified atom stereocenters. The number of carbonyl (C=O) groups is 1. The average molecular weight is 189 g/mol. The maximum atomic E-state index is 12.6. The average Bonchev–Trinajstić information content (AvgIpc) is 2.67. The summed E-state index contributed by atoms with van der Waals surface area (Å²) >= 11 is 0. The van der Waals surface area contributed by atoms with Crippen molar-refractivity contribution in [2.45, 2.75) is 0 Å². The summed E-state index contributed by atoms with van der Waals surface area (Å²) in [6, 6.07) is 6.06. The number of rotatable bonds is 2. The van der Waals surface area contributed by atoms with Crippen molar-refractivity contribution < 1.29 is 9.18 Å². The van der Waals surface area contributed by atoms with Gasteiger partial charge in [-0.2, -0.15) is 0 Å². The molecule has 0 aromatic heterocycles. The molecule has 1 heterocycles. The monoisotopic (exact) mass is 189 g/mol. The molecular weight excluding hydrogens is 181 g/mol. The first-order valence-corrected chi connectivity index (χ1v) is 4.26. The molecule has 0 aliphatic carbocycles.